The van der Waals surface area contributed by atoms with E-state index in [0.717, 1.165) is 0 Å². The van der Waals surface area contributed by atoms with Gasteiger partial charge in [0.2, 0.25) is 5.82 Å². The number of nitriles is 1. The highest BCUT2D eigenvalue weighted by Crippen LogP contribution is 2.29. The number of hydrogen-bond donors (Lipinski definition) is 1. The molecule has 0 amide bonds. The molecule has 0 aliphatic carbocycles. The second kappa shape index (κ2) is 6.15. The Bertz CT molecular complexity index is 604. The Kier molecular flexibility index (Phi) is 4.30. The SMILES string of the molecule is N#Cc1ccnc(N2CCN(CC(=O)O)CC2)c1[N+](=O)[O-]. The fourth-order valence-corrected chi connectivity index (χ4v) is 2.25. The van der Waals surface area contributed by atoms with Crippen LogP contribution in [0.15, 0.2) is 12.3 Å². The number of piperazine rings is 1. The van der Waals surface area contributed by atoms with Gasteiger partial charge in [-0.15, -0.1) is 0 Å². The molecule has 1 fully saturated rings. The lowest BCUT2D eigenvalue weighted by molar-refractivity contribution is -0.384. The molecule has 1 saturated heterocycles. The van der Waals surface area contributed by atoms with Crippen LogP contribution in [0, 0.1) is 21.4 Å². The average molecular weight is 291 g/mol. The minimum absolute atomic E-state index is 0.0297. The van der Waals surface area contributed by atoms with Gasteiger partial charge in [-0.3, -0.25) is 19.8 Å². The van der Waals surface area contributed by atoms with Gasteiger partial charge in [-0.25, -0.2) is 4.98 Å². The van der Waals surface area contributed by atoms with E-state index in [1.54, 1.807) is 15.9 Å². The van der Waals surface area contributed by atoms with Crippen LogP contribution in [-0.2, 0) is 4.79 Å². The van der Waals surface area contributed by atoms with Crippen LogP contribution in [0.2, 0.25) is 0 Å². The number of anilines is 1. The predicted octanol–water partition coefficient (Wildman–Crippen LogP) is 0.0681. The molecule has 1 aliphatic rings. The van der Waals surface area contributed by atoms with Crippen molar-refractivity contribution in [3.05, 3.63) is 27.9 Å². The van der Waals surface area contributed by atoms with Gasteiger partial charge in [0.1, 0.15) is 11.6 Å². The maximum absolute atomic E-state index is 11.2. The van der Waals surface area contributed by atoms with E-state index in [1.165, 1.54) is 12.3 Å². The largest absolute Gasteiger partial charge is 0.480 e. The quantitative estimate of drug-likeness (QED) is 0.610. The van der Waals surface area contributed by atoms with Gasteiger partial charge >= 0.3 is 11.7 Å². The summed E-state index contributed by atoms with van der Waals surface area (Å²) in [6.07, 6.45) is 1.37. The lowest BCUT2D eigenvalue weighted by Crippen LogP contribution is -2.48. The molecule has 110 valence electrons. The summed E-state index contributed by atoms with van der Waals surface area (Å²) in [6, 6.07) is 3.10. The molecule has 1 aliphatic heterocycles. The van der Waals surface area contributed by atoms with Gasteiger partial charge in [-0.05, 0) is 6.07 Å². The van der Waals surface area contributed by atoms with Crippen molar-refractivity contribution in [3.8, 4) is 6.07 Å². The highest BCUT2D eigenvalue weighted by Gasteiger charge is 2.28. The smallest absolute Gasteiger partial charge is 0.329 e. The average Bonchev–Trinajstić information content (AvgIpc) is 2.46. The van der Waals surface area contributed by atoms with Crippen LogP contribution in [0.3, 0.4) is 0 Å². The number of carboxylic acids is 1. The van der Waals surface area contributed by atoms with Crippen LogP contribution < -0.4 is 4.90 Å². The fraction of sp³-hybridized carbons (Fsp3) is 0.417. The first-order chi connectivity index (χ1) is 10.0. The van der Waals surface area contributed by atoms with Crippen molar-refractivity contribution in [1.82, 2.24) is 9.88 Å². The van der Waals surface area contributed by atoms with E-state index in [0.29, 0.717) is 26.2 Å². The molecule has 2 rings (SSSR count). The van der Waals surface area contributed by atoms with Crippen molar-refractivity contribution in [1.29, 1.82) is 5.26 Å². The molecular weight excluding hydrogens is 278 g/mol. The molecule has 1 N–H and O–H groups in total. The van der Waals surface area contributed by atoms with E-state index in [9.17, 15) is 14.9 Å². The molecule has 9 heteroatoms. The topological polar surface area (TPSA) is 124 Å². The van der Waals surface area contributed by atoms with E-state index >= 15 is 0 Å². The second-order valence-corrected chi connectivity index (χ2v) is 4.56. The van der Waals surface area contributed by atoms with Gasteiger partial charge in [-0.1, -0.05) is 0 Å². The summed E-state index contributed by atoms with van der Waals surface area (Å²) in [4.78, 5) is 28.7. The molecule has 0 aromatic carbocycles. The summed E-state index contributed by atoms with van der Waals surface area (Å²) in [5.41, 5.74) is -0.329. The summed E-state index contributed by atoms with van der Waals surface area (Å²) in [5, 5.41) is 28.9. The van der Waals surface area contributed by atoms with Crippen molar-refractivity contribution in [2.24, 2.45) is 0 Å². The highest BCUT2D eigenvalue weighted by molar-refractivity contribution is 5.69. The Balaban J connectivity index is 2.19. The Morgan fingerprint density at radius 1 is 1.48 bits per heavy atom. The van der Waals surface area contributed by atoms with Crippen molar-refractivity contribution in [2.75, 3.05) is 37.6 Å². The maximum atomic E-state index is 11.2. The zero-order valence-corrected chi connectivity index (χ0v) is 11.1. The molecule has 0 radical (unpaired) electrons. The predicted molar refractivity (Wildman–Crippen MR) is 71.9 cm³/mol. The van der Waals surface area contributed by atoms with E-state index < -0.39 is 10.9 Å². The Hall–Kier alpha value is -2.73. The van der Waals surface area contributed by atoms with Gasteiger partial charge in [0, 0.05) is 32.4 Å². The lowest BCUT2D eigenvalue weighted by Gasteiger charge is -2.34. The van der Waals surface area contributed by atoms with Crippen LogP contribution in [0.4, 0.5) is 11.5 Å². The van der Waals surface area contributed by atoms with E-state index in [4.69, 9.17) is 10.4 Å². The van der Waals surface area contributed by atoms with Crippen LogP contribution in [-0.4, -0.2) is 58.6 Å². The van der Waals surface area contributed by atoms with Gasteiger partial charge in [0.15, 0.2) is 0 Å². The number of nitrogens with zero attached hydrogens (tertiary/aromatic N) is 5. The van der Waals surface area contributed by atoms with Crippen LogP contribution in [0.5, 0.6) is 0 Å². The van der Waals surface area contributed by atoms with Gasteiger partial charge < -0.3 is 10.0 Å². The summed E-state index contributed by atoms with van der Waals surface area (Å²) in [6.45, 7) is 1.75. The summed E-state index contributed by atoms with van der Waals surface area (Å²) < 4.78 is 0. The van der Waals surface area contributed by atoms with Crippen LogP contribution in [0.25, 0.3) is 0 Å². The monoisotopic (exact) mass is 291 g/mol. The first-order valence-electron chi connectivity index (χ1n) is 6.25. The molecule has 1 aromatic rings. The lowest BCUT2D eigenvalue weighted by atomic mass is 10.2. The molecule has 0 spiro atoms. The maximum Gasteiger partial charge on any atom is 0.329 e. The third-order valence-corrected chi connectivity index (χ3v) is 3.24. The molecule has 1 aromatic heterocycles. The first kappa shape index (κ1) is 14.7. The molecule has 0 saturated carbocycles. The van der Waals surface area contributed by atoms with Crippen LogP contribution >= 0.6 is 0 Å². The van der Waals surface area contributed by atoms with E-state index in [-0.39, 0.29) is 23.6 Å². The van der Waals surface area contributed by atoms with Crippen molar-refractivity contribution >= 4 is 17.5 Å². The highest BCUT2D eigenvalue weighted by atomic mass is 16.6. The van der Waals surface area contributed by atoms with Gasteiger partial charge in [0.05, 0.1) is 11.5 Å². The molecule has 0 atom stereocenters. The molecule has 21 heavy (non-hydrogen) atoms. The number of rotatable bonds is 4. The Labute approximate surface area is 120 Å². The number of aromatic nitrogens is 1. The number of nitro groups is 1. The van der Waals surface area contributed by atoms with Gasteiger partial charge in [0.25, 0.3) is 0 Å². The third kappa shape index (κ3) is 3.24. The Morgan fingerprint density at radius 2 is 2.14 bits per heavy atom. The molecule has 9 nitrogen and oxygen atoms in total. The fourth-order valence-electron chi connectivity index (χ4n) is 2.25. The zero-order valence-electron chi connectivity index (χ0n) is 11.1. The molecular formula is C12H13N5O4. The number of carboxylic acid groups (broad SMARTS) is 1. The van der Waals surface area contributed by atoms with E-state index in [2.05, 4.69) is 4.98 Å². The summed E-state index contributed by atoms with van der Waals surface area (Å²) in [5.74, 6) is -0.743. The van der Waals surface area contributed by atoms with Crippen molar-refractivity contribution < 1.29 is 14.8 Å². The number of pyridine rings is 1. The third-order valence-electron chi connectivity index (χ3n) is 3.24. The zero-order chi connectivity index (χ0) is 15.4. The van der Waals surface area contributed by atoms with Crippen molar-refractivity contribution in [3.63, 3.8) is 0 Å². The number of hydrogen-bond acceptors (Lipinski definition) is 7. The Morgan fingerprint density at radius 3 is 2.67 bits per heavy atom. The first-order valence-corrected chi connectivity index (χ1v) is 6.25. The summed E-state index contributed by atoms with van der Waals surface area (Å²) >= 11 is 0. The molecule has 0 bridgehead atoms. The second-order valence-electron chi connectivity index (χ2n) is 4.56. The minimum Gasteiger partial charge on any atom is -0.480 e. The number of aliphatic carboxylic acids is 1. The standard InChI is InChI=1S/C12H13N5O4/c13-7-9-1-2-14-12(11(9)17(20)21)16-5-3-15(4-6-16)8-10(18)19/h1-2H,3-6,8H2,(H,18,19). The minimum atomic E-state index is -0.904. The van der Waals surface area contributed by atoms with Crippen LogP contribution in [0.1, 0.15) is 5.56 Å². The molecule has 0 unspecified atom stereocenters. The molecule has 2 heterocycles. The normalized spacial score (nSPS) is 15.5. The number of carbonyl (C=O) groups is 1. The van der Waals surface area contributed by atoms with E-state index in [1.807, 2.05) is 0 Å². The summed E-state index contributed by atoms with van der Waals surface area (Å²) in [7, 11) is 0. The van der Waals surface area contributed by atoms with Crippen molar-refractivity contribution in [2.45, 2.75) is 0 Å². The van der Waals surface area contributed by atoms with Gasteiger partial charge in [-0.2, -0.15) is 5.26 Å².